The summed E-state index contributed by atoms with van der Waals surface area (Å²) in [6, 6.07) is 18.1. The third-order valence-corrected chi connectivity index (χ3v) is 6.49. The van der Waals surface area contributed by atoms with Crippen LogP contribution in [0.5, 0.6) is 0 Å². The molecule has 1 aliphatic rings. The van der Waals surface area contributed by atoms with E-state index in [1.54, 1.807) is 0 Å². The van der Waals surface area contributed by atoms with Gasteiger partial charge in [-0.2, -0.15) is 0 Å². The van der Waals surface area contributed by atoms with E-state index in [1.807, 2.05) is 47.8 Å². The van der Waals surface area contributed by atoms with Gasteiger partial charge >= 0.3 is 0 Å². The molecule has 0 unspecified atom stereocenters. The van der Waals surface area contributed by atoms with Crippen LogP contribution in [0.1, 0.15) is 24.0 Å². The van der Waals surface area contributed by atoms with Gasteiger partial charge in [0.2, 0.25) is 11.8 Å². The van der Waals surface area contributed by atoms with Crippen LogP contribution in [0.2, 0.25) is 0 Å². The van der Waals surface area contributed by atoms with Gasteiger partial charge in [0.05, 0.1) is 12.2 Å². The maximum atomic E-state index is 12.5. The third kappa shape index (κ3) is 6.02. The van der Waals surface area contributed by atoms with Crippen LogP contribution in [0.25, 0.3) is 11.3 Å². The molecule has 4 rings (SSSR count). The number of likely N-dealkylation sites (tertiary alicyclic amines) is 1. The lowest BCUT2D eigenvalue weighted by Crippen LogP contribution is -2.43. The number of anilines is 1. The van der Waals surface area contributed by atoms with Gasteiger partial charge in [-0.3, -0.25) is 14.5 Å². The number of rotatable bonds is 7. The summed E-state index contributed by atoms with van der Waals surface area (Å²) in [5.41, 5.74) is 4.21. The fraction of sp³-hybridized carbons (Fsp3) is 0.320. The van der Waals surface area contributed by atoms with Crippen LogP contribution in [0.3, 0.4) is 0 Å². The number of hydrogen-bond donors (Lipinski definition) is 2. The molecule has 0 atom stereocenters. The van der Waals surface area contributed by atoms with E-state index >= 15 is 0 Å². The van der Waals surface area contributed by atoms with Crippen molar-refractivity contribution in [3.8, 4) is 11.3 Å². The topological polar surface area (TPSA) is 74.3 Å². The Kier molecular flexibility index (Phi) is 7.29. The quantitative estimate of drug-likeness (QED) is 0.571. The summed E-state index contributed by atoms with van der Waals surface area (Å²) >= 11 is 1.43. The van der Waals surface area contributed by atoms with Gasteiger partial charge in [0.25, 0.3) is 0 Å². The van der Waals surface area contributed by atoms with Crippen LogP contribution in [0.15, 0.2) is 60.0 Å². The lowest BCUT2D eigenvalue weighted by Gasteiger charge is -2.30. The molecule has 2 heterocycles. The second kappa shape index (κ2) is 10.5. The highest BCUT2D eigenvalue weighted by Crippen LogP contribution is 2.25. The van der Waals surface area contributed by atoms with Crippen molar-refractivity contribution in [1.29, 1.82) is 0 Å². The van der Waals surface area contributed by atoms with Gasteiger partial charge in [0, 0.05) is 23.4 Å². The smallest absolute Gasteiger partial charge is 0.240 e. The summed E-state index contributed by atoms with van der Waals surface area (Å²) in [4.78, 5) is 31.6. The van der Waals surface area contributed by atoms with E-state index < -0.39 is 0 Å². The molecule has 32 heavy (non-hydrogen) atoms. The second-order valence-corrected chi connectivity index (χ2v) is 9.06. The predicted molar refractivity (Wildman–Crippen MR) is 128 cm³/mol. The zero-order chi connectivity index (χ0) is 22.3. The first-order valence-corrected chi connectivity index (χ1v) is 11.8. The maximum Gasteiger partial charge on any atom is 0.240 e. The molecule has 0 saturated carbocycles. The highest BCUT2D eigenvalue weighted by atomic mass is 32.1. The van der Waals surface area contributed by atoms with Gasteiger partial charge in [-0.15, -0.1) is 11.3 Å². The largest absolute Gasteiger partial charge is 0.352 e. The number of thiazole rings is 1. The number of aryl methyl sites for hydroxylation is 1. The Morgan fingerprint density at radius 2 is 1.78 bits per heavy atom. The molecule has 3 aromatic rings. The monoisotopic (exact) mass is 448 g/mol. The Morgan fingerprint density at radius 3 is 2.50 bits per heavy atom. The van der Waals surface area contributed by atoms with Crippen molar-refractivity contribution in [1.82, 2.24) is 15.2 Å². The van der Waals surface area contributed by atoms with E-state index in [0.29, 0.717) is 18.2 Å². The van der Waals surface area contributed by atoms with Gasteiger partial charge in [-0.1, -0.05) is 60.2 Å². The summed E-state index contributed by atoms with van der Waals surface area (Å²) < 4.78 is 0. The van der Waals surface area contributed by atoms with E-state index in [0.717, 1.165) is 42.8 Å². The van der Waals surface area contributed by atoms with E-state index in [2.05, 4.69) is 39.6 Å². The standard InChI is InChI=1S/C25H28N4O2S/c1-18-7-9-20(10-8-18)22-17-32-25(27-22)28-23(30)16-29-13-11-21(12-14-29)24(31)26-15-19-5-3-2-4-6-19/h2-10,17,21H,11-16H2,1H3,(H,26,31)(H,27,28,30). The van der Waals surface area contributed by atoms with Gasteiger partial charge in [0.1, 0.15) is 0 Å². The molecule has 2 N–H and O–H groups in total. The number of piperidine rings is 1. The first-order valence-electron chi connectivity index (χ1n) is 10.9. The van der Waals surface area contributed by atoms with Crippen molar-refractivity contribution in [3.63, 3.8) is 0 Å². The molecule has 0 radical (unpaired) electrons. The summed E-state index contributed by atoms with van der Waals surface area (Å²) in [5, 5.41) is 8.51. The average molecular weight is 449 g/mol. The first kappa shape index (κ1) is 22.2. The fourth-order valence-corrected chi connectivity index (χ4v) is 4.57. The van der Waals surface area contributed by atoms with Crippen LogP contribution < -0.4 is 10.6 Å². The van der Waals surface area contributed by atoms with Crippen LogP contribution in [0.4, 0.5) is 5.13 Å². The summed E-state index contributed by atoms with van der Waals surface area (Å²) in [7, 11) is 0. The zero-order valence-corrected chi connectivity index (χ0v) is 19.0. The van der Waals surface area contributed by atoms with Crippen molar-refractivity contribution < 1.29 is 9.59 Å². The summed E-state index contributed by atoms with van der Waals surface area (Å²) in [5.74, 6) is 0.0419. The molecule has 1 aromatic heterocycles. The number of nitrogens with zero attached hydrogens (tertiary/aromatic N) is 2. The number of carbonyl (C=O) groups excluding carboxylic acids is 2. The Hall–Kier alpha value is -3.03. The minimum Gasteiger partial charge on any atom is -0.352 e. The van der Waals surface area contributed by atoms with Crippen molar-refractivity contribution in [2.75, 3.05) is 25.0 Å². The minimum atomic E-state index is -0.0678. The molecule has 2 amide bonds. The van der Waals surface area contributed by atoms with Crippen molar-refractivity contribution in [3.05, 3.63) is 71.1 Å². The van der Waals surface area contributed by atoms with Crippen LogP contribution in [0, 0.1) is 12.8 Å². The third-order valence-electron chi connectivity index (χ3n) is 5.73. The molecule has 0 aliphatic carbocycles. The van der Waals surface area contributed by atoms with Crippen molar-refractivity contribution >= 4 is 28.3 Å². The first-order chi connectivity index (χ1) is 15.6. The summed E-state index contributed by atoms with van der Waals surface area (Å²) in [6.07, 6.45) is 1.53. The molecule has 0 spiro atoms. The minimum absolute atomic E-state index is 0.00838. The van der Waals surface area contributed by atoms with Crippen LogP contribution in [-0.4, -0.2) is 41.3 Å². The SMILES string of the molecule is Cc1ccc(-c2csc(NC(=O)CN3CCC(C(=O)NCc4ccccc4)CC3)n2)cc1. The lowest BCUT2D eigenvalue weighted by molar-refractivity contribution is -0.126. The van der Waals surface area contributed by atoms with Gasteiger partial charge in [0.15, 0.2) is 5.13 Å². The van der Waals surface area contributed by atoms with Crippen LogP contribution >= 0.6 is 11.3 Å². The predicted octanol–water partition coefficient (Wildman–Crippen LogP) is 4.09. The highest BCUT2D eigenvalue weighted by molar-refractivity contribution is 7.14. The Morgan fingerprint density at radius 1 is 1.06 bits per heavy atom. The molecule has 0 bridgehead atoms. The van der Waals surface area contributed by atoms with Gasteiger partial charge in [-0.25, -0.2) is 4.98 Å². The number of hydrogen-bond acceptors (Lipinski definition) is 5. The molecule has 1 aliphatic heterocycles. The molecule has 2 aromatic carbocycles. The number of carbonyl (C=O) groups is 2. The zero-order valence-electron chi connectivity index (χ0n) is 18.2. The van der Waals surface area contributed by atoms with E-state index in [4.69, 9.17) is 0 Å². The van der Waals surface area contributed by atoms with E-state index in [9.17, 15) is 9.59 Å². The molecule has 7 heteroatoms. The molecule has 1 saturated heterocycles. The van der Waals surface area contributed by atoms with Crippen molar-refractivity contribution in [2.24, 2.45) is 5.92 Å². The fourth-order valence-electron chi connectivity index (χ4n) is 3.83. The van der Waals surface area contributed by atoms with Crippen molar-refractivity contribution in [2.45, 2.75) is 26.3 Å². The molecule has 6 nitrogen and oxygen atoms in total. The lowest BCUT2D eigenvalue weighted by atomic mass is 9.96. The van der Waals surface area contributed by atoms with Gasteiger partial charge < -0.3 is 10.6 Å². The van der Waals surface area contributed by atoms with Crippen LogP contribution in [-0.2, 0) is 16.1 Å². The maximum absolute atomic E-state index is 12.5. The number of amides is 2. The normalized spacial score (nSPS) is 14.8. The number of nitrogens with one attached hydrogen (secondary N) is 2. The Labute approximate surface area is 192 Å². The number of benzene rings is 2. The van der Waals surface area contributed by atoms with E-state index in [-0.39, 0.29) is 17.7 Å². The Balaban J connectivity index is 1.20. The molecule has 1 fully saturated rings. The number of aromatic nitrogens is 1. The summed E-state index contributed by atoms with van der Waals surface area (Å²) in [6.45, 7) is 4.40. The molecular weight excluding hydrogens is 420 g/mol. The molecule has 166 valence electrons. The second-order valence-electron chi connectivity index (χ2n) is 8.21. The molecular formula is C25H28N4O2S. The van der Waals surface area contributed by atoms with E-state index in [1.165, 1.54) is 16.9 Å². The highest BCUT2D eigenvalue weighted by Gasteiger charge is 2.26. The van der Waals surface area contributed by atoms with Gasteiger partial charge in [-0.05, 0) is 38.4 Å². The Bertz CT molecular complexity index is 1040. The average Bonchev–Trinajstić information content (AvgIpc) is 3.27.